The van der Waals surface area contributed by atoms with Gasteiger partial charge in [-0.15, -0.1) is 0 Å². The van der Waals surface area contributed by atoms with E-state index >= 15 is 0 Å². The minimum absolute atomic E-state index is 0.185. The maximum Gasteiger partial charge on any atom is 0.338 e. The van der Waals surface area contributed by atoms with Crippen LogP contribution in [0.5, 0.6) is 0 Å². The van der Waals surface area contributed by atoms with Crippen molar-refractivity contribution in [2.45, 2.75) is 148 Å². The van der Waals surface area contributed by atoms with Crippen molar-refractivity contribution < 1.29 is 86.0 Å². The van der Waals surface area contributed by atoms with Gasteiger partial charge in [-0.2, -0.15) is 0 Å². The van der Waals surface area contributed by atoms with Crippen LogP contribution in [0.3, 0.4) is 0 Å². The Hall–Kier alpha value is -4.52. The van der Waals surface area contributed by atoms with E-state index in [0.717, 1.165) is 20.8 Å². The van der Waals surface area contributed by atoms with Gasteiger partial charge in [0.05, 0.1) is 36.5 Å². The van der Waals surface area contributed by atoms with Gasteiger partial charge >= 0.3 is 35.8 Å². The third kappa shape index (κ3) is 4.77. The molecule has 4 bridgehead atoms. The molecule has 7 aliphatic rings. The predicted octanol–water partition coefficient (Wildman–Crippen LogP) is 3.67. The van der Waals surface area contributed by atoms with E-state index in [1.165, 1.54) is 32.6 Å². The van der Waals surface area contributed by atoms with Gasteiger partial charge in [0, 0.05) is 62.3 Å². The highest BCUT2D eigenvalue weighted by Crippen LogP contribution is 2.90. The van der Waals surface area contributed by atoms with E-state index in [-0.39, 0.29) is 12.0 Å². The highest BCUT2D eigenvalue weighted by atomic mass is 16.9. The van der Waals surface area contributed by atoms with Crippen LogP contribution in [0.4, 0.5) is 0 Å². The second kappa shape index (κ2) is 13.0. The average molecular weight is 859 g/mol. The lowest BCUT2D eigenvalue weighted by Crippen LogP contribution is -2.97. The fourth-order valence-electron chi connectivity index (χ4n) is 13.7. The van der Waals surface area contributed by atoms with E-state index in [1.54, 1.807) is 48.5 Å². The molecule has 3 aliphatic heterocycles. The average Bonchev–Trinajstić information content (AvgIpc) is 3.86. The molecule has 18 heteroatoms. The zero-order chi connectivity index (χ0) is 45.0. The molecule has 1 aromatic rings. The van der Waals surface area contributed by atoms with Gasteiger partial charge in [0.2, 0.25) is 0 Å². The van der Waals surface area contributed by atoms with E-state index in [0.29, 0.717) is 0 Å². The van der Waals surface area contributed by atoms with Crippen molar-refractivity contribution in [2.75, 3.05) is 7.11 Å². The Balaban J connectivity index is 1.62. The summed E-state index contributed by atoms with van der Waals surface area (Å²) in [7, 11) is 1.19. The number of cyclic esters (lactones) is 1. The smallest absolute Gasteiger partial charge is 0.338 e. The summed E-state index contributed by atoms with van der Waals surface area (Å²) in [5, 5.41) is 26.6. The third-order valence-electron chi connectivity index (χ3n) is 15.3. The van der Waals surface area contributed by atoms with Crippen LogP contribution in [-0.4, -0.2) is 106 Å². The van der Waals surface area contributed by atoms with Gasteiger partial charge in [-0.25, -0.2) is 4.79 Å². The number of esters is 6. The van der Waals surface area contributed by atoms with E-state index in [2.05, 4.69) is 0 Å². The number of fused-ring (bicyclic) bond motifs is 3. The van der Waals surface area contributed by atoms with E-state index in [9.17, 15) is 39.0 Å². The highest BCUT2D eigenvalue weighted by Gasteiger charge is 3.07. The SMILES string of the molecule is COC(=O)C[C@H]1C2(C)CC34O[C@]5(C)O[C@@]6([C@H](OC(C)=O)C(OC(C)=O)[C@]7(C)C(/C(=C(/O)C(C)C)C(=O)O[C@H]7c7ccoc7)[C@@]6(O5)[C@H](OC(C)=O)[C@@]3(O)C2OC(=O)C(C)C)[C@]14C. The monoisotopic (exact) mass is 858 g/mol. The number of hydrogen-bond donors (Lipinski definition) is 2. The van der Waals surface area contributed by atoms with Crippen molar-refractivity contribution >= 4 is 35.8 Å². The Bertz CT molecular complexity index is 2150. The van der Waals surface area contributed by atoms with Crippen LogP contribution >= 0.6 is 0 Å². The Morgan fingerprint density at radius 2 is 1.48 bits per heavy atom. The molecule has 4 saturated carbocycles. The predicted molar refractivity (Wildman–Crippen MR) is 201 cm³/mol. The second-order valence-electron chi connectivity index (χ2n) is 19.2. The first-order valence-electron chi connectivity index (χ1n) is 20.5. The van der Waals surface area contributed by atoms with Crippen molar-refractivity contribution in [3.05, 3.63) is 35.5 Å². The molecule has 3 saturated heterocycles. The molecule has 2 spiro atoms. The third-order valence-corrected chi connectivity index (χ3v) is 15.3. The molecule has 0 aromatic carbocycles. The number of methoxy groups -OCH3 is 1. The van der Waals surface area contributed by atoms with Gasteiger partial charge in [-0.05, 0) is 18.4 Å². The summed E-state index contributed by atoms with van der Waals surface area (Å²) in [6.07, 6.45) is -6.67. The number of carbonyl (C=O) groups excluding carboxylic acids is 6. The highest BCUT2D eigenvalue weighted by molar-refractivity contribution is 5.92. The van der Waals surface area contributed by atoms with E-state index < -0.39 is 152 Å². The van der Waals surface area contributed by atoms with Gasteiger partial charge in [0.25, 0.3) is 5.97 Å². The van der Waals surface area contributed by atoms with E-state index in [1.807, 2.05) is 0 Å². The van der Waals surface area contributed by atoms with Crippen LogP contribution in [0.25, 0.3) is 0 Å². The van der Waals surface area contributed by atoms with Crippen molar-refractivity contribution in [1.29, 1.82) is 0 Å². The lowest BCUT2D eigenvalue weighted by molar-refractivity contribution is -0.490. The van der Waals surface area contributed by atoms with Gasteiger partial charge < -0.3 is 57.3 Å². The Morgan fingerprint density at radius 3 is 2.02 bits per heavy atom. The first kappa shape index (κ1) is 43.1. The quantitative estimate of drug-likeness (QED) is 0.156. The fourth-order valence-corrected chi connectivity index (χ4v) is 13.7. The topological polar surface area (TPSA) is 239 Å². The molecule has 61 heavy (non-hydrogen) atoms. The molecular weight excluding hydrogens is 804 g/mol. The van der Waals surface area contributed by atoms with E-state index in [4.69, 9.17) is 47.0 Å². The first-order chi connectivity index (χ1) is 28.3. The minimum Gasteiger partial charge on any atom is -0.511 e. The van der Waals surface area contributed by atoms with Crippen LogP contribution in [0.1, 0.15) is 101 Å². The summed E-state index contributed by atoms with van der Waals surface area (Å²) < 4.78 is 64.1. The van der Waals surface area contributed by atoms with Crippen LogP contribution in [0, 0.1) is 39.9 Å². The lowest BCUT2D eigenvalue weighted by Gasteiger charge is -2.78. The molecule has 1 aromatic heterocycles. The number of furan rings is 1. The normalized spacial score (nSPS) is 46.7. The Kier molecular flexibility index (Phi) is 9.21. The van der Waals surface area contributed by atoms with Crippen molar-refractivity contribution in [1.82, 2.24) is 0 Å². The standard InChI is InChI=1S/C43H54O18/c1-18(2)27(48)26-28-37(9,29(57-33(26)50)23-13-14-53-16-23)30(54-20(5)44)31(55-21(6)45)43-38(10)24(15-25(47)52-12)36(8)17-40(38)41(51,34(36)58-32(49)19(3)4)35(56-22(7)46)42(28,43)60-39(11,59-40)61-43/h13-14,16,18-19,24,28-31,34-35,48,51H,15,17H2,1-12H3/b27-26-/t24-,28?,29-,30?,31+,34?,35+,36?,37+,38+,39-,40?,41-,42+,43-/m0/s1. The summed E-state index contributed by atoms with van der Waals surface area (Å²) in [6.45, 7) is 16.1. The number of rotatable bonds is 9. The summed E-state index contributed by atoms with van der Waals surface area (Å²) in [6, 6.07) is 1.51. The molecule has 4 heterocycles. The number of carbonyl (C=O) groups is 6. The molecule has 0 amide bonds. The minimum atomic E-state index is -2.63. The van der Waals surface area contributed by atoms with Crippen LogP contribution in [0.2, 0.25) is 0 Å². The van der Waals surface area contributed by atoms with Crippen LogP contribution in [-0.2, 0) is 71.4 Å². The molecule has 18 nitrogen and oxygen atoms in total. The van der Waals surface area contributed by atoms with Crippen molar-refractivity contribution in [3.63, 3.8) is 0 Å². The van der Waals surface area contributed by atoms with Gasteiger partial charge in [0.15, 0.2) is 35.1 Å². The lowest BCUT2D eigenvalue weighted by atomic mass is 9.32. The fraction of sp³-hybridized carbons (Fsp3) is 0.721. The number of ether oxygens (including phenoxy) is 9. The molecule has 8 rings (SSSR count). The molecule has 5 unspecified atom stereocenters. The molecule has 15 atom stereocenters. The van der Waals surface area contributed by atoms with Gasteiger partial charge in [-0.3, -0.25) is 24.0 Å². The molecule has 0 radical (unpaired) electrons. The molecule has 4 aliphatic carbocycles. The zero-order valence-corrected chi connectivity index (χ0v) is 36.3. The number of allylic oxidation sites excluding steroid dienone is 1. The molecule has 2 N–H and O–H groups in total. The number of aliphatic hydroxyl groups excluding tert-OH is 1. The van der Waals surface area contributed by atoms with Gasteiger partial charge in [0.1, 0.15) is 23.6 Å². The molecule has 7 fully saturated rings. The number of aliphatic hydroxyl groups is 2. The largest absolute Gasteiger partial charge is 0.511 e. The second-order valence-corrected chi connectivity index (χ2v) is 19.2. The summed E-state index contributed by atoms with van der Waals surface area (Å²) in [5.41, 5.74) is -15.1. The van der Waals surface area contributed by atoms with Crippen LogP contribution < -0.4 is 0 Å². The Labute approximate surface area is 351 Å². The van der Waals surface area contributed by atoms with Crippen molar-refractivity contribution in [2.24, 2.45) is 39.9 Å². The first-order valence-corrected chi connectivity index (χ1v) is 20.5. The number of hydrogen-bond acceptors (Lipinski definition) is 18. The van der Waals surface area contributed by atoms with Crippen molar-refractivity contribution in [3.8, 4) is 0 Å². The molecular formula is C43H54O18. The van der Waals surface area contributed by atoms with Gasteiger partial charge in [-0.1, -0.05) is 48.5 Å². The summed E-state index contributed by atoms with van der Waals surface area (Å²) in [5.74, 6) is -12.4. The maximum absolute atomic E-state index is 15.0. The maximum atomic E-state index is 15.0. The summed E-state index contributed by atoms with van der Waals surface area (Å²) >= 11 is 0. The molecule has 334 valence electrons. The zero-order valence-electron chi connectivity index (χ0n) is 36.3. The summed E-state index contributed by atoms with van der Waals surface area (Å²) in [4.78, 5) is 83.8. The Morgan fingerprint density at radius 1 is 0.852 bits per heavy atom. The van der Waals surface area contributed by atoms with Crippen LogP contribution in [0.15, 0.2) is 34.3 Å².